The monoisotopic (exact) mass is 1230 g/mol. The van der Waals surface area contributed by atoms with Crippen LogP contribution in [0.25, 0.3) is 0 Å². The number of nitrogens with one attached hydrogen (secondary N) is 1. The van der Waals surface area contributed by atoms with Crippen molar-refractivity contribution in [3.8, 4) is 0 Å². The van der Waals surface area contributed by atoms with E-state index in [2.05, 4.69) is 19.2 Å². The molecule has 0 rings (SSSR count). The second-order valence-electron chi connectivity index (χ2n) is 28.1. The quantitative estimate of drug-likeness (QED) is 0.0320. The Morgan fingerprint density at radius 2 is 0.529 bits per heavy atom. The van der Waals surface area contributed by atoms with Gasteiger partial charge in [-0.2, -0.15) is 0 Å². The fourth-order valence-corrected chi connectivity index (χ4v) is 13.2. The van der Waals surface area contributed by atoms with Crippen molar-refractivity contribution in [2.75, 3.05) is 13.2 Å². The first-order valence-corrected chi connectivity index (χ1v) is 40.5. The molecule has 0 aliphatic heterocycles. The van der Waals surface area contributed by atoms with Gasteiger partial charge in [-0.3, -0.25) is 9.59 Å². The molecular weight excluding hydrogens is 1070 g/mol. The number of amides is 1. The minimum atomic E-state index is -0.843. The number of allylic oxidation sites excluding steroid dienone is 1. The van der Waals surface area contributed by atoms with E-state index in [1.165, 1.54) is 405 Å². The van der Waals surface area contributed by atoms with Gasteiger partial charge in [0.05, 0.1) is 25.4 Å². The van der Waals surface area contributed by atoms with Crippen molar-refractivity contribution in [1.82, 2.24) is 5.32 Å². The van der Waals surface area contributed by atoms with Crippen LogP contribution in [0.5, 0.6) is 0 Å². The highest BCUT2D eigenvalue weighted by molar-refractivity contribution is 5.76. The van der Waals surface area contributed by atoms with Crippen LogP contribution in [-0.2, 0) is 14.3 Å². The van der Waals surface area contributed by atoms with E-state index in [4.69, 9.17) is 4.74 Å². The molecule has 6 heteroatoms. The number of esters is 1. The number of aliphatic hydroxyl groups is 2. The fourth-order valence-electron chi connectivity index (χ4n) is 13.2. The summed E-state index contributed by atoms with van der Waals surface area (Å²) in [5.74, 6) is -0.0337. The van der Waals surface area contributed by atoms with Gasteiger partial charge in [-0.25, -0.2) is 0 Å². The van der Waals surface area contributed by atoms with Crippen LogP contribution in [0.2, 0.25) is 0 Å². The molecule has 0 aromatic carbocycles. The molecule has 0 bridgehead atoms. The van der Waals surface area contributed by atoms with Crippen LogP contribution >= 0.6 is 0 Å². The van der Waals surface area contributed by atoms with E-state index in [9.17, 15) is 19.8 Å². The van der Waals surface area contributed by atoms with Gasteiger partial charge < -0.3 is 20.3 Å². The molecular formula is C81H159NO5. The zero-order chi connectivity index (χ0) is 62.8. The largest absolute Gasteiger partial charge is 0.466 e. The molecule has 6 nitrogen and oxygen atoms in total. The number of hydrogen-bond donors (Lipinski definition) is 3. The minimum Gasteiger partial charge on any atom is -0.466 e. The summed E-state index contributed by atoms with van der Waals surface area (Å²) in [6.07, 6.45) is 97.7. The van der Waals surface area contributed by atoms with Crippen molar-refractivity contribution in [3.05, 3.63) is 12.2 Å². The van der Waals surface area contributed by atoms with Gasteiger partial charge in [0, 0.05) is 12.8 Å². The molecule has 0 aromatic heterocycles. The van der Waals surface area contributed by atoms with E-state index in [1.54, 1.807) is 6.08 Å². The SMILES string of the molecule is CCCCCCCCCCCCCCCCCCCCCCC/C=C/C(O)C(CO)NC(=O)CCCCCCCCCCCCCCCCCCCCCCCCCCCCCCCOC(=O)CCCCCCCCCCCCCCCCCCCC. The van der Waals surface area contributed by atoms with E-state index < -0.39 is 12.1 Å². The van der Waals surface area contributed by atoms with Crippen LogP contribution in [-0.4, -0.2) is 47.4 Å². The van der Waals surface area contributed by atoms with E-state index >= 15 is 0 Å². The number of unbranched alkanes of at least 4 members (excludes halogenated alkanes) is 66. The van der Waals surface area contributed by atoms with E-state index in [-0.39, 0.29) is 18.5 Å². The Bertz CT molecular complexity index is 1320. The zero-order valence-corrected chi connectivity index (χ0v) is 59.5. The third kappa shape index (κ3) is 73.5. The first-order valence-electron chi connectivity index (χ1n) is 40.5. The summed E-state index contributed by atoms with van der Waals surface area (Å²) in [7, 11) is 0. The average Bonchev–Trinajstić information content (AvgIpc) is 3.52. The molecule has 2 unspecified atom stereocenters. The molecule has 0 saturated carbocycles. The number of rotatable bonds is 77. The Hall–Kier alpha value is -1.40. The van der Waals surface area contributed by atoms with Crippen molar-refractivity contribution in [2.45, 2.75) is 482 Å². The lowest BCUT2D eigenvalue weighted by molar-refractivity contribution is -0.143. The standard InChI is InChI=1S/C81H159NO5/c1-3-5-7-9-11-13-15-17-19-21-23-24-32-35-38-41-45-49-53-57-61-65-69-73-79(84)78(77-83)82-80(85)74-70-66-62-58-54-50-46-42-39-36-33-30-28-26-25-27-29-31-34-37-40-44-48-52-56-60-64-68-72-76-87-81(86)75-71-67-63-59-55-51-47-43-22-20-18-16-14-12-10-8-6-4-2/h69,73,78-79,83-84H,3-68,70-72,74-77H2,1-2H3,(H,82,85)/b73-69+. The number of ether oxygens (including phenoxy) is 1. The van der Waals surface area contributed by atoms with Crippen LogP contribution in [0.4, 0.5) is 0 Å². The topological polar surface area (TPSA) is 95.9 Å². The summed E-state index contributed by atoms with van der Waals surface area (Å²) in [6, 6.07) is -0.626. The van der Waals surface area contributed by atoms with Crippen molar-refractivity contribution in [2.24, 2.45) is 0 Å². The molecule has 87 heavy (non-hydrogen) atoms. The number of carbonyl (C=O) groups is 2. The molecule has 0 fully saturated rings. The van der Waals surface area contributed by atoms with Gasteiger partial charge in [0.2, 0.25) is 5.91 Å². The van der Waals surface area contributed by atoms with Gasteiger partial charge in [0.1, 0.15) is 0 Å². The third-order valence-corrected chi connectivity index (χ3v) is 19.3. The lowest BCUT2D eigenvalue weighted by Crippen LogP contribution is -2.45. The van der Waals surface area contributed by atoms with E-state index in [0.29, 0.717) is 19.4 Å². The van der Waals surface area contributed by atoms with Gasteiger partial charge >= 0.3 is 5.97 Å². The molecule has 0 spiro atoms. The van der Waals surface area contributed by atoms with Gasteiger partial charge in [-0.05, 0) is 32.1 Å². The van der Waals surface area contributed by atoms with Crippen LogP contribution in [0.1, 0.15) is 470 Å². The van der Waals surface area contributed by atoms with Crippen molar-refractivity contribution in [3.63, 3.8) is 0 Å². The zero-order valence-electron chi connectivity index (χ0n) is 59.5. The van der Waals surface area contributed by atoms with Crippen LogP contribution < -0.4 is 5.32 Å². The molecule has 0 radical (unpaired) electrons. The third-order valence-electron chi connectivity index (χ3n) is 19.3. The number of hydrogen-bond acceptors (Lipinski definition) is 5. The van der Waals surface area contributed by atoms with Crippen LogP contribution in [0.15, 0.2) is 12.2 Å². The second kappa shape index (κ2) is 77.1. The van der Waals surface area contributed by atoms with Gasteiger partial charge in [-0.15, -0.1) is 0 Å². The Balaban J connectivity index is 3.34. The summed E-state index contributed by atoms with van der Waals surface area (Å²) in [5.41, 5.74) is 0. The second-order valence-corrected chi connectivity index (χ2v) is 28.1. The number of carbonyl (C=O) groups excluding carboxylic acids is 2. The molecule has 0 heterocycles. The molecule has 0 aliphatic carbocycles. The Morgan fingerprint density at radius 1 is 0.310 bits per heavy atom. The molecule has 3 N–H and O–H groups in total. The average molecular weight is 1230 g/mol. The Kier molecular flexibility index (Phi) is 75.8. The highest BCUT2D eigenvalue weighted by Crippen LogP contribution is 2.20. The first-order chi connectivity index (χ1) is 43.0. The Morgan fingerprint density at radius 3 is 0.782 bits per heavy atom. The molecule has 518 valence electrons. The molecule has 0 aliphatic rings. The van der Waals surface area contributed by atoms with Crippen molar-refractivity contribution in [1.29, 1.82) is 0 Å². The highest BCUT2D eigenvalue weighted by atomic mass is 16.5. The summed E-state index contributed by atoms with van der Waals surface area (Å²) >= 11 is 0. The molecule has 1 amide bonds. The van der Waals surface area contributed by atoms with E-state index in [1.807, 2.05) is 6.08 Å². The van der Waals surface area contributed by atoms with Crippen molar-refractivity contribution < 1.29 is 24.5 Å². The van der Waals surface area contributed by atoms with E-state index in [0.717, 1.165) is 38.5 Å². The predicted octanol–water partition coefficient (Wildman–Crippen LogP) is 26.7. The normalized spacial score (nSPS) is 12.5. The maximum atomic E-state index is 12.6. The smallest absolute Gasteiger partial charge is 0.305 e. The highest BCUT2D eigenvalue weighted by Gasteiger charge is 2.18. The molecule has 0 saturated heterocycles. The lowest BCUT2D eigenvalue weighted by atomic mass is 10.0. The first kappa shape index (κ1) is 85.6. The fraction of sp³-hybridized carbons (Fsp3) is 0.951. The number of aliphatic hydroxyl groups excluding tert-OH is 2. The van der Waals surface area contributed by atoms with Gasteiger partial charge in [-0.1, -0.05) is 437 Å². The summed E-state index contributed by atoms with van der Waals surface area (Å²) in [4.78, 5) is 24.7. The molecule has 0 aromatic rings. The van der Waals surface area contributed by atoms with Gasteiger partial charge in [0.25, 0.3) is 0 Å². The summed E-state index contributed by atoms with van der Waals surface area (Å²) in [5, 5.41) is 23.3. The maximum Gasteiger partial charge on any atom is 0.305 e. The Labute approximate surface area is 546 Å². The van der Waals surface area contributed by atoms with Crippen molar-refractivity contribution >= 4 is 11.9 Å². The lowest BCUT2D eigenvalue weighted by Gasteiger charge is -2.20. The maximum absolute atomic E-state index is 12.6. The van der Waals surface area contributed by atoms with Crippen LogP contribution in [0.3, 0.4) is 0 Å². The van der Waals surface area contributed by atoms with Gasteiger partial charge in [0.15, 0.2) is 0 Å². The molecule has 2 atom stereocenters. The summed E-state index contributed by atoms with van der Waals surface area (Å²) < 4.78 is 5.52. The minimum absolute atomic E-state index is 0.0250. The predicted molar refractivity (Wildman–Crippen MR) is 384 cm³/mol. The van der Waals surface area contributed by atoms with Crippen LogP contribution in [0, 0.1) is 0 Å². The summed E-state index contributed by atoms with van der Waals surface area (Å²) in [6.45, 7) is 4.97.